The molecule has 4 heteroatoms. The van der Waals surface area contributed by atoms with Crippen molar-refractivity contribution in [1.29, 1.82) is 0 Å². The molecule has 30 heavy (non-hydrogen) atoms. The van der Waals surface area contributed by atoms with Gasteiger partial charge in [-0.15, -0.1) is 0 Å². The van der Waals surface area contributed by atoms with Crippen molar-refractivity contribution < 1.29 is 9.90 Å². The van der Waals surface area contributed by atoms with Crippen LogP contribution in [0.15, 0.2) is 42.3 Å². The number of nitrogens with one attached hydrogen (secondary N) is 1. The first kappa shape index (κ1) is 20.0. The molecule has 5 rings (SSSR count). The van der Waals surface area contributed by atoms with Gasteiger partial charge in [0.1, 0.15) is 0 Å². The van der Waals surface area contributed by atoms with Crippen molar-refractivity contribution >= 4 is 11.5 Å². The number of carboxylic acid groups (broad SMARTS) is 1. The first-order valence-electron chi connectivity index (χ1n) is 11.7. The third-order valence-corrected chi connectivity index (χ3v) is 9.20. The zero-order chi connectivity index (χ0) is 20.9. The van der Waals surface area contributed by atoms with Crippen molar-refractivity contribution in [2.75, 3.05) is 6.54 Å². The maximum absolute atomic E-state index is 11.0. The number of rotatable bonds is 4. The molecule has 2 N–H and O–H groups in total. The summed E-state index contributed by atoms with van der Waals surface area (Å²) in [5.74, 6) is 1.48. The summed E-state index contributed by atoms with van der Waals surface area (Å²) in [6.45, 7) is 5.09. The molecule has 1 aromatic rings. The van der Waals surface area contributed by atoms with E-state index in [1.807, 2.05) is 12.4 Å². The van der Waals surface area contributed by atoms with Crippen LogP contribution in [0.25, 0.3) is 5.57 Å². The van der Waals surface area contributed by atoms with Gasteiger partial charge in [0.05, 0.1) is 6.54 Å². The Bertz CT molecular complexity index is 892. The number of aliphatic carboxylic acids is 1. The van der Waals surface area contributed by atoms with Gasteiger partial charge in [-0.2, -0.15) is 0 Å². The van der Waals surface area contributed by atoms with E-state index < -0.39 is 5.97 Å². The molecular formula is C26H34N2O2. The predicted molar refractivity (Wildman–Crippen MR) is 119 cm³/mol. The van der Waals surface area contributed by atoms with E-state index in [0.717, 1.165) is 30.6 Å². The number of hydrogen-bond acceptors (Lipinski definition) is 3. The Morgan fingerprint density at radius 3 is 2.77 bits per heavy atom. The highest BCUT2D eigenvalue weighted by atomic mass is 16.4. The topological polar surface area (TPSA) is 62.2 Å². The van der Waals surface area contributed by atoms with Crippen molar-refractivity contribution in [3.05, 3.63) is 47.8 Å². The van der Waals surface area contributed by atoms with E-state index in [-0.39, 0.29) is 12.0 Å². The van der Waals surface area contributed by atoms with Crippen LogP contribution in [0.4, 0.5) is 0 Å². The van der Waals surface area contributed by atoms with Crippen molar-refractivity contribution in [3.63, 3.8) is 0 Å². The van der Waals surface area contributed by atoms with Crippen molar-refractivity contribution in [3.8, 4) is 0 Å². The van der Waals surface area contributed by atoms with Crippen LogP contribution in [-0.4, -0.2) is 28.6 Å². The Balaban J connectivity index is 1.37. The highest BCUT2D eigenvalue weighted by Gasteiger charge is 2.56. The van der Waals surface area contributed by atoms with E-state index in [1.165, 1.54) is 43.2 Å². The lowest BCUT2D eigenvalue weighted by molar-refractivity contribution is -0.136. The highest BCUT2D eigenvalue weighted by Crippen LogP contribution is 2.66. The molecule has 0 radical (unpaired) electrons. The van der Waals surface area contributed by atoms with Gasteiger partial charge in [0.2, 0.25) is 0 Å². The SMILES string of the molecule is C[C@]12CC[C@H](NCC(=O)O)CC1=CC[C@@H]1[C@@H]2CC[C@]2(C)C(c3cccnc3)=CC[C@@H]12. The van der Waals surface area contributed by atoms with Crippen LogP contribution in [0.3, 0.4) is 0 Å². The molecule has 0 spiro atoms. The molecule has 6 atom stereocenters. The fourth-order valence-corrected chi connectivity index (χ4v) is 7.60. The summed E-state index contributed by atoms with van der Waals surface area (Å²) in [6, 6.07) is 4.60. The Labute approximate surface area is 179 Å². The van der Waals surface area contributed by atoms with Gasteiger partial charge in [0, 0.05) is 18.4 Å². The number of fused-ring (bicyclic) bond motifs is 5. The maximum Gasteiger partial charge on any atom is 0.317 e. The average molecular weight is 407 g/mol. The molecule has 0 aromatic carbocycles. The number of nitrogens with zero attached hydrogens (tertiary/aromatic N) is 1. The number of pyridine rings is 1. The number of allylic oxidation sites excluding steroid dienone is 3. The number of carboxylic acids is 1. The summed E-state index contributed by atoms with van der Waals surface area (Å²) in [5.41, 5.74) is 5.00. The molecule has 1 aromatic heterocycles. The van der Waals surface area contributed by atoms with Gasteiger partial charge in [-0.05, 0) is 90.7 Å². The summed E-state index contributed by atoms with van der Waals surface area (Å²) in [6.07, 6.45) is 17.2. The fourth-order valence-electron chi connectivity index (χ4n) is 7.60. The van der Waals surface area contributed by atoms with E-state index in [4.69, 9.17) is 5.11 Å². The molecule has 2 saturated carbocycles. The lowest BCUT2D eigenvalue weighted by atomic mass is 9.47. The van der Waals surface area contributed by atoms with Gasteiger partial charge >= 0.3 is 5.97 Å². The molecule has 0 amide bonds. The van der Waals surface area contributed by atoms with Gasteiger partial charge < -0.3 is 10.4 Å². The van der Waals surface area contributed by atoms with Gasteiger partial charge in [-0.1, -0.05) is 37.6 Å². The molecule has 4 aliphatic rings. The lowest BCUT2D eigenvalue weighted by Crippen LogP contribution is -2.51. The van der Waals surface area contributed by atoms with Crippen molar-refractivity contribution in [2.45, 2.75) is 64.8 Å². The second kappa shape index (κ2) is 7.33. The Kier molecular flexibility index (Phi) is 4.89. The smallest absolute Gasteiger partial charge is 0.317 e. The Morgan fingerprint density at radius 1 is 1.17 bits per heavy atom. The molecular weight excluding hydrogens is 372 g/mol. The molecule has 0 unspecified atom stereocenters. The molecule has 4 nitrogen and oxygen atoms in total. The monoisotopic (exact) mass is 406 g/mol. The zero-order valence-electron chi connectivity index (χ0n) is 18.2. The van der Waals surface area contributed by atoms with Crippen LogP contribution in [0.5, 0.6) is 0 Å². The normalized spacial score (nSPS) is 39.9. The summed E-state index contributed by atoms with van der Waals surface area (Å²) in [4.78, 5) is 15.3. The van der Waals surface area contributed by atoms with Gasteiger partial charge in [-0.3, -0.25) is 9.78 Å². The van der Waals surface area contributed by atoms with Crippen LogP contribution in [-0.2, 0) is 4.79 Å². The van der Waals surface area contributed by atoms with Crippen LogP contribution in [0, 0.1) is 28.6 Å². The lowest BCUT2D eigenvalue weighted by Gasteiger charge is -2.58. The van der Waals surface area contributed by atoms with Gasteiger partial charge in [0.15, 0.2) is 0 Å². The minimum atomic E-state index is -0.759. The largest absolute Gasteiger partial charge is 0.480 e. The maximum atomic E-state index is 11.0. The van der Waals surface area contributed by atoms with Crippen molar-refractivity contribution in [1.82, 2.24) is 10.3 Å². The molecule has 0 aliphatic heterocycles. The molecule has 0 bridgehead atoms. The summed E-state index contributed by atoms with van der Waals surface area (Å²) >= 11 is 0. The van der Waals surface area contributed by atoms with Gasteiger partial charge in [0.25, 0.3) is 0 Å². The van der Waals surface area contributed by atoms with E-state index in [1.54, 1.807) is 5.57 Å². The number of hydrogen-bond donors (Lipinski definition) is 2. The Morgan fingerprint density at radius 2 is 2.00 bits per heavy atom. The predicted octanol–water partition coefficient (Wildman–Crippen LogP) is 5.08. The van der Waals surface area contributed by atoms with Crippen LogP contribution in [0.1, 0.15) is 64.4 Å². The third-order valence-electron chi connectivity index (χ3n) is 9.20. The number of aromatic nitrogens is 1. The fraction of sp³-hybridized carbons (Fsp3) is 0.615. The van der Waals surface area contributed by atoms with Crippen LogP contribution >= 0.6 is 0 Å². The molecule has 2 fully saturated rings. The van der Waals surface area contributed by atoms with Crippen molar-refractivity contribution in [2.24, 2.45) is 28.6 Å². The second-order valence-electron chi connectivity index (χ2n) is 10.5. The first-order chi connectivity index (χ1) is 14.4. The quantitative estimate of drug-likeness (QED) is 0.685. The Hall–Kier alpha value is -1.94. The third kappa shape index (κ3) is 3.07. The average Bonchev–Trinajstić information content (AvgIpc) is 3.10. The van der Waals surface area contributed by atoms with Crippen LogP contribution in [0.2, 0.25) is 0 Å². The van der Waals surface area contributed by atoms with E-state index in [0.29, 0.717) is 11.5 Å². The van der Waals surface area contributed by atoms with E-state index in [2.05, 4.69) is 48.4 Å². The summed E-state index contributed by atoms with van der Waals surface area (Å²) < 4.78 is 0. The second-order valence-corrected chi connectivity index (χ2v) is 10.5. The first-order valence-corrected chi connectivity index (χ1v) is 11.7. The molecule has 4 aliphatic carbocycles. The minimum absolute atomic E-state index is 0.0733. The zero-order valence-corrected chi connectivity index (χ0v) is 18.2. The van der Waals surface area contributed by atoms with Crippen LogP contribution < -0.4 is 5.32 Å². The molecule has 1 heterocycles. The summed E-state index contributed by atoms with van der Waals surface area (Å²) in [5, 5.41) is 12.3. The summed E-state index contributed by atoms with van der Waals surface area (Å²) in [7, 11) is 0. The van der Waals surface area contributed by atoms with E-state index in [9.17, 15) is 4.79 Å². The van der Waals surface area contributed by atoms with Gasteiger partial charge in [-0.25, -0.2) is 0 Å². The minimum Gasteiger partial charge on any atom is -0.480 e. The molecule has 160 valence electrons. The standard InChI is InChI=1S/C26H34N2O2/c1-25-11-9-19(28-16-24(29)30)14-18(25)5-6-20-22-8-7-21(17-4-3-13-27-15-17)26(22,2)12-10-23(20)25/h3-5,7,13,15,19-20,22-23,28H,6,8-12,14,16H2,1-2H3,(H,29,30)/t19-,20-,22-,23-,25-,26+/m0/s1. The highest BCUT2D eigenvalue weighted by molar-refractivity contribution is 5.72. The number of carbonyl (C=O) groups is 1. The molecule has 0 saturated heterocycles. The van der Waals surface area contributed by atoms with E-state index >= 15 is 0 Å².